The highest BCUT2D eigenvalue weighted by Gasteiger charge is 2.11. The van der Waals surface area contributed by atoms with Gasteiger partial charge in [-0.15, -0.1) is 0 Å². The second kappa shape index (κ2) is 4.20. The zero-order valence-corrected chi connectivity index (χ0v) is 7.94. The molecule has 0 aromatic carbocycles. The Morgan fingerprint density at radius 3 is 2.85 bits per heavy atom. The summed E-state index contributed by atoms with van der Waals surface area (Å²) >= 11 is 0. The van der Waals surface area contributed by atoms with Crippen LogP contribution in [0.1, 0.15) is 11.7 Å². The molecule has 0 radical (unpaired) electrons. The van der Waals surface area contributed by atoms with Gasteiger partial charge in [0, 0.05) is 18.3 Å². The largest absolute Gasteiger partial charge is 0.387 e. The summed E-state index contributed by atoms with van der Waals surface area (Å²) in [7, 11) is 3.80. The molecule has 4 nitrogen and oxygen atoms in total. The van der Waals surface area contributed by atoms with Crippen molar-refractivity contribution in [2.24, 2.45) is 0 Å². The molecule has 72 valence electrons. The number of aromatic nitrogens is 1. The van der Waals surface area contributed by atoms with Crippen LogP contribution in [0.4, 0.5) is 5.82 Å². The molecule has 1 aromatic rings. The number of hydrogen-bond donors (Lipinski definition) is 2. The zero-order valence-electron chi connectivity index (χ0n) is 7.94. The van der Waals surface area contributed by atoms with Crippen LogP contribution in [0.25, 0.3) is 0 Å². The Kier molecular flexibility index (Phi) is 3.22. The van der Waals surface area contributed by atoms with Crippen molar-refractivity contribution in [3.05, 3.63) is 23.9 Å². The molecular weight excluding hydrogens is 166 g/mol. The Hall–Kier alpha value is -1.13. The Bertz CT molecular complexity index is 275. The summed E-state index contributed by atoms with van der Waals surface area (Å²) < 4.78 is 0. The molecule has 0 saturated heterocycles. The lowest BCUT2D eigenvalue weighted by atomic mass is 10.1. The van der Waals surface area contributed by atoms with E-state index in [4.69, 9.17) is 5.73 Å². The molecule has 13 heavy (non-hydrogen) atoms. The van der Waals surface area contributed by atoms with Gasteiger partial charge < -0.3 is 15.7 Å². The molecule has 0 aliphatic heterocycles. The van der Waals surface area contributed by atoms with Crippen LogP contribution in [0.5, 0.6) is 0 Å². The first-order valence-corrected chi connectivity index (χ1v) is 4.14. The molecule has 0 saturated carbocycles. The van der Waals surface area contributed by atoms with Crippen LogP contribution in [0.3, 0.4) is 0 Å². The van der Waals surface area contributed by atoms with E-state index >= 15 is 0 Å². The maximum Gasteiger partial charge on any atom is 0.129 e. The zero-order chi connectivity index (χ0) is 9.84. The van der Waals surface area contributed by atoms with E-state index in [2.05, 4.69) is 4.98 Å². The van der Waals surface area contributed by atoms with E-state index in [0.717, 1.165) is 0 Å². The molecule has 0 aliphatic carbocycles. The van der Waals surface area contributed by atoms with Gasteiger partial charge in [-0.1, -0.05) is 6.07 Å². The van der Waals surface area contributed by atoms with E-state index in [1.54, 1.807) is 18.3 Å². The summed E-state index contributed by atoms with van der Waals surface area (Å²) in [6.07, 6.45) is 1.05. The van der Waals surface area contributed by atoms with Crippen LogP contribution < -0.4 is 5.73 Å². The molecule has 1 heterocycles. The number of nitrogens with two attached hydrogens (primary N) is 1. The number of aliphatic hydroxyl groups is 1. The van der Waals surface area contributed by atoms with Crippen LogP contribution in [-0.2, 0) is 0 Å². The smallest absolute Gasteiger partial charge is 0.129 e. The van der Waals surface area contributed by atoms with E-state index in [1.165, 1.54) is 0 Å². The van der Waals surface area contributed by atoms with Crippen LogP contribution in [0.2, 0.25) is 0 Å². The highest BCUT2D eigenvalue weighted by Crippen LogP contribution is 2.17. The third-order valence-electron chi connectivity index (χ3n) is 1.77. The van der Waals surface area contributed by atoms with Gasteiger partial charge in [0.25, 0.3) is 0 Å². The maximum atomic E-state index is 9.71. The highest BCUT2D eigenvalue weighted by molar-refractivity contribution is 5.40. The lowest BCUT2D eigenvalue weighted by molar-refractivity contribution is 0.139. The SMILES string of the molecule is CN(C)CC(O)c1cccnc1N. The van der Waals surface area contributed by atoms with E-state index in [9.17, 15) is 5.11 Å². The third-order valence-corrected chi connectivity index (χ3v) is 1.77. The minimum absolute atomic E-state index is 0.400. The quantitative estimate of drug-likeness (QED) is 0.702. The molecule has 0 bridgehead atoms. The number of aliphatic hydroxyl groups excluding tert-OH is 1. The van der Waals surface area contributed by atoms with Gasteiger partial charge in [-0.2, -0.15) is 0 Å². The molecule has 0 fully saturated rings. The number of likely N-dealkylation sites (N-methyl/N-ethyl adjacent to an activating group) is 1. The third kappa shape index (κ3) is 2.68. The van der Waals surface area contributed by atoms with Gasteiger partial charge in [0.05, 0.1) is 6.10 Å². The normalized spacial score (nSPS) is 13.2. The Balaban J connectivity index is 2.76. The van der Waals surface area contributed by atoms with Gasteiger partial charge in [-0.05, 0) is 20.2 Å². The monoisotopic (exact) mass is 181 g/mol. The van der Waals surface area contributed by atoms with Crippen LogP contribution >= 0.6 is 0 Å². The van der Waals surface area contributed by atoms with Crippen LogP contribution in [-0.4, -0.2) is 35.6 Å². The predicted octanol–water partition coefficient (Wildman–Crippen LogP) is 0.259. The summed E-state index contributed by atoms with van der Waals surface area (Å²) in [6.45, 7) is 0.551. The summed E-state index contributed by atoms with van der Waals surface area (Å²) in [5.41, 5.74) is 6.30. The Morgan fingerprint density at radius 1 is 1.62 bits per heavy atom. The second-order valence-corrected chi connectivity index (χ2v) is 3.26. The highest BCUT2D eigenvalue weighted by atomic mass is 16.3. The average Bonchev–Trinajstić information content (AvgIpc) is 2.03. The van der Waals surface area contributed by atoms with E-state index in [-0.39, 0.29) is 0 Å². The van der Waals surface area contributed by atoms with E-state index in [0.29, 0.717) is 17.9 Å². The number of pyridine rings is 1. The minimum Gasteiger partial charge on any atom is -0.387 e. The number of hydrogen-bond acceptors (Lipinski definition) is 4. The van der Waals surface area contributed by atoms with Crippen LogP contribution in [0.15, 0.2) is 18.3 Å². The Morgan fingerprint density at radius 2 is 2.31 bits per heavy atom. The summed E-state index contributed by atoms with van der Waals surface area (Å²) in [4.78, 5) is 5.81. The number of rotatable bonds is 3. The van der Waals surface area contributed by atoms with Gasteiger partial charge in [0.2, 0.25) is 0 Å². The van der Waals surface area contributed by atoms with Gasteiger partial charge in [0.15, 0.2) is 0 Å². The van der Waals surface area contributed by atoms with Crippen molar-refractivity contribution >= 4 is 5.82 Å². The van der Waals surface area contributed by atoms with E-state index in [1.807, 2.05) is 19.0 Å². The van der Waals surface area contributed by atoms with Crippen molar-refractivity contribution in [3.8, 4) is 0 Å². The van der Waals surface area contributed by atoms with Crippen molar-refractivity contribution < 1.29 is 5.11 Å². The van der Waals surface area contributed by atoms with Crippen molar-refractivity contribution in [2.45, 2.75) is 6.10 Å². The van der Waals surface area contributed by atoms with Gasteiger partial charge in [0.1, 0.15) is 5.82 Å². The number of nitrogens with zero attached hydrogens (tertiary/aromatic N) is 2. The lowest BCUT2D eigenvalue weighted by Gasteiger charge is -2.16. The fourth-order valence-corrected chi connectivity index (χ4v) is 1.16. The van der Waals surface area contributed by atoms with Crippen molar-refractivity contribution in [1.82, 2.24) is 9.88 Å². The molecule has 3 N–H and O–H groups in total. The summed E-state index contributed by atoms with van der Waals surface area (Å²) in [5, 5.41) is 9.71. The molecular formula is C9H15N3O. The molecule has 4 heteroatoms. The molecule has 0 spiro atoms. The molecule has 0 amide bonds. The number of anilines is 1. The minimum atomic E-state index is -0.566. The number of nitrogen functional groups attached to an aromatic ring is 1. The van der Waals surface area contributed by atoms with Crippen molar-refractivity contribution in [2.75, 3.05) is 26.4 Å². The molecule has 1 aromatic heterocycles. The van der Waals surface area contributed by atoms with Gasteiger partial charge in [-0.3, -0.25) is 0 Å². The van der Waals surface area contributed by atoms with Crippen LogP contribution in [0, 0.1) is 0 Å². The fourth-order valence-electron chi connectivity index (χ4n) is 1.16. The first-order chi connectivity index (χ1) is 6.11. The van der Waals surface area contributed by atoms with E-state index < -0.39 is 6.10 Å². The summed E-state index contributed by atoms with van der Waals surface area (Å²) in [5.74, 6) is 0.400. The van der Waals surface area contributed by atoms with Crippen molar-refractivity contribution in [3.63, 3.8) is 0 Å². The standard InChI is InChI=1S/C9H15N3O/c1-12(2)6-8(13)7-4-3-5-11-9(7)10/h3-5,8,13H,6H2,1-2H3,(H2,10,11). The molecule has 0 aliphatic rings. The topological polar surface area (TPSA) is 62.4 Å². The molecule has 1 atom stereocenters. The van der Waals surface area contributed by atoms with Gasteiger partial charge >= 0.3 is 0 Å². The summed E-state index contributed by atoms with van der Waals surface area (Å²) in [6, 6.07) is 3.56. The fraction of sp³-hybridized carbons (Fsp3) is 0.444. The first-order valence-electron chi connectivity index (χ1n) is 4.14. The molecule has 1 unspecified atom stereocenters. The Labute approximate surface area is 78.0 Å². The molecule has 1 rings (SSSR count). The van der Waals surface area contributed by atoms with Crippen molar-refractivity contribution in [1.29, 1.82) is 0 Å². The first kappa shape index (κ1) is 9.95. The van der Waals surface area contributed by atoms with Gasteiger partial charge in [-0.25, -0.2) is 4.98 Å². The second-order valence-electron chi connectivity index (χ2n) is 3.26. The predicted molar refractivity (Wildman–Crippen MR) is 52.2 cm³/mol. The lowest BCUT2D eigenvalue weighted by Crippen LogP contribution is -2.20. The maximum absolute atomic E-state index is 9.71. The average molecular weight is 181 g/mol.